The number of hydrogen-bond acceptors (Lipinski definition) is 3. The molecule has 1 atom stereocenters. The molecule has 4 nitrogen and oxygen atoms in total. The van der Waals surface area contributed by atoms with Crippen LogP contribution < -0.4 is 4.74 Å². The maximum atomic E-state index is 13.7. The molecule has 1 aromatic carbocycles. The van der Waals surface area contributed by atoms with Crippen LogP contribution in [0.3, 0.4) is 0 Å². The van der Waals surface area contributed by atoms with Gasteiger partial charge in [-0.2, -0.15) is 0 Å². The molecule has 1 aromatic heterocycles. The molecule has 0 aliphatic rings. The Balaban J connectivity index is 2.51. The van der Waals surface area contributed by atoms with Gasteiger partial charge in [0.1, 0.15) is 0 Å². The second-order valence-corrected chi connectivity index (χ2v) is 4.71. The van der Waals surface area contributed by atoms with Gasteiger partial charge in [0.15, 0.2) is 11.6 Å². The average molecular weight is 264 g/mol. The van der Waals surface area contributed by atoms with Crippen molar-refractivity contribution >= 4 is 16.8 Å². The first kappa shape index (κ1) is 13.5. The highest BCUT2D eigenvalue weighted by atomic mass is 19.1. The second kappa shape index (κ2) is 5.01. The molecule has 1 heterocycles. The molecule has 0 N–H and O–H groups in total. The van der Waals surface area contributed by atoms with Crippen molar-refractivity contribution in [1.82, 2.24) is 9.47 Å². The highest BCUT2D eigenvalue weighted by Gasteiger charge is 2.19. The van der Waals surface area contributed by atoms with Crippen LogP contribution in [0, 0.1) is 5.82 Å². The van der Waals surface area contributed by atoms with E-state index in [0.717, 1.165) is 5.39 Å². The van der Waals surface area contributed by atoms with Gasteiger partial charge in [0.05, 0.1) is 18.7 Å². The van der Waals surface area contributed by atoms with Crippen LogP contribution >= 0.6 is 0 Å². The standard InChI is InChI=1S/C14H17FN2O2/c1-9(16(2)3)14(18)17-6-5-10-7-13(19-4)11(15)8-12(10)17/h5-9H,1-4H3/t9-/m1/s1. The summed E-state index contributed by atoms with van der Waals surface area (Å²) in [6, 6.07) is 4.42. The molecular weight excluding hydrogens is 247 g/mol. The van der Waals surface area contributed by atoms with Crippen LogP contribution in [0.25, 0.3) is 10.9 Å². The lowest BCUT2D eigenvalue weighted by atomic mass is 10.2. The SMILES string of the molecule is COc1cc2ccn(C(=O)[C@@H](C)N(C)C)c2cc1F. The Kier molecular flexibility index (Phi) is 3.57. The maximum Gasteiger partial charge on any atom is 0.248 e. The number of rotatable bonds is 3. The van der Waals surface area contributed by atoms with E-state index in [2.05, 4.69) is 0 Å². The summed E-state index contributed by atoms with van der Waals surface area (Å²) in [5.41, 5.74) is 0.553. The van der Waals surface area contributed by atoms with Crippen molar-refractivity contribution in [2.24, 2.45) is 0 Å². The number of likely N-dealkylation sites (N-methyl/N-ethyl adjacent to an activating group) is 1. The number of methoxy groups -OCH3 is 1. The van der Waals surface area contributed by atoms with Crippen molar-refractivity contribution in [1.29, 1.82) is 0 Å². The summed E-state index contributed by atoms with van der Waals surface area (Å²) in [4.78, 5) is 14.1. The number of fused-ring (bicyclic) bond motifs is 1. The van der Waals surface area contributed by atoms with E-state index < -0.39 is 5.82 Å². The predicted molar refractivity (Wildman–Crippen MR) is 72.2 cm³/mol. The molecule has 0 bridgehead atoms. The van der Waals surface area contributed by atoms with Gasteiger partial charge < -0.3 is 4.74 Å². The molecule has 0 saturated carbocycles. The van der Waals surface area contributed by atoms with Gasteiger partial charge in [-0.05, 0) is 33.2 Å². The minimum Gasteiger partial charge on any atom is -0.494 e. The zero-order valence-corrected chi connectivity index (χ0v) is 11.5. The van der Waals surface area contributed by atoms with Gasteiger partial charge in [-0.1, -0.05) is 0 Å². The van der Waals surface area contributed by atoms with Gasteiger partial charge in [0.2, 0.25) is 5.91 Å². The van der Waals surface area contributed by atoms with Crippen molar-refractivity contribution in [2.75, 3.05) is 21.2 Å². The molecule has 2 aromatic rings. The van der Waals surface area contributed by atoms with E-state index in [-0.39, 0.29) is 17.7 Å². The first-order valence-corrected chi connectivity index (χ1v) is 6.01. The van der Waals surface area contributed by atoms with E-state index in [0.29, 0.717) is 5.52 Å². The minimum atomic E-state index is -0.472. The fourth-order valence-corrected chi connectivity index (χ4v) is 1.91. The number of halogens is 1. The summed E-state index contributed by atoms with van der Waals surface area (Å²) in [6.07, 6.45) is 1.66. The summed E-state index contributed by atoms with van der Waals surface area (Å²) < 4.78 is 20.1. The van der Waals surface area contributed by atoms with E-state index in [4.69, 9.17) is 4.74 Å². The third-order valence-corrected chi connectivity index (χ3v) is 3.33. The van der Waals surface area contributed by atoms with E-state index >= 15 is 0 Å². The fraction of sp³-hybridized carbons (Fsp3) is 0.357. The lowest BCUT2D eigenvalue weighted by Crippen LogP contribution is -2.36. The van der Waals surface area contributed by atoms with Gasteiger partial charge >= 0.3 is 0 Å². The molecule has 0 radical (unpaired) electrons. The van der Waals surface area contributed by atoms with Crippen LogP contribution in [0.1, 0.15) is 11.7 Å². The molecule has 0 spiro atoms. The van der Waals surface area contributed by atoms with Gasteiger partial charge in [0.25, 0.3) is 0 Å². The quantitative estimate of drug-likeness (QED) is 0.853. The summed E-state index contributed by atoms with van der Waals surface area (Å²) in [5.74, 6) is -0.386. The fourth-order valence-electron chi connectivity index (χ4n) is 1.91. The normalized spacial score (nSPS) is 12.9. The molecule has 5 heteroatoms. The number of benzene rings is 1. The second-order valence-electron chi connectivity index (χ2n) is 4.71. The van der Waals surface area contributed by atoms with Crippen molar-refractivity contribution in [3.05, 3.63) is 30.2 Å². The minimum absolute atomic E-state index is 0.0930. The van der Waals surface area contributed by atoms with Gasteiger partial charge in [-0.25, -0.2) is 4.39 Å². The largest absolute Gasteiger partial charge is 0.494 e. The van der Waals surface area contributed by atoms with Crippen LogP contribution in [-0.2, 0) is 0 Å². The lowest BCUT2D eigenvalue weighted by Gasteiger charge is -2.19. The van der Waals surface area contributed by atoms with Crippen LogP contribution in [-0.4, -0.2) is 42.6 Å². The Bertz CT molecular complexity index is 619. The zero-order valence-electron chi connectivity index (χ0n) is 11.5. The Labute approximate surface area is 111 Å². The molecule has 0 aliphatic heterocycles. The Morgan fingerprint density at radius 3 is 2.68 bits per heavy atom. The smallest absolute Gasteiger partial charge is 0.248 e. The zero-order chi connectivity index (χ0) is 14.2. The van der Waals surface area contributed by atoms with Crippen molar-refractivity contribution in [3.8, 4) is 5.75 Å². The number of nitrogens with zero attached hydrogens (tertiary/aromatic N) is 2. The molecule has 102 valence electrons. The molecule has 19 heavy (non-hydrogen) atoms. The van der Waals surface area contributed by atoms with E-state index in [1.54, 1.807) is 18.3 Å². The van der Waals surface area contributed by atoms with Gasteiger partial charge in [0, 0.05) is 17.6 Å². The molecule has 0 fully saturated rings. The van der Waals surface area contributed by atoms with E-state index in [9.17, 15) is 9.18 Å². The average Bonchev–Trinajstić information content (AvgIpc) is 2.78. The van der Waals surface area contributed by atoms with Crippen molar-refractivity contribution in [2.45, 2.75) is 13.0 Å². The highest BCUT2D eigenvalue weighted by molar-refractivity contribution is 5.95. The number of ether oxygens (including phenoxy) is 1. The van der Waals surface area contributed by atoms with E-state index in [1.807, 2.05) is 25.9 Å². The van der Waals surface area contributed by atoms with E-state index in [1.165, 1.54) is 17.7 Å². The summed E-state index contributed by atoms with van der Waals surface area (Å²) >= 11 is 0. The predicted octanol–water partition coefficient (Wildman–Crippen LogP) is 2.38. The first-order chi connectivity index (χ1) is 8.95. The Hall–Kier alpha value is -1.88. The third kappa shape index (κ3) is 2.33. The monoisotopic (exact) mass is 264 g/mol. The lowest BCUT2D eigenvalue weighted by molar-refractivity contribution is 0.0809. The van der Waals surface area contributed by atoms with Crippen LogP contribution in [0.2, 0.25) is 0 Å². The molecule has 2 rings (SSSR count). The summed E-state index contributed by atoms with van der Waals surface area (Å²) in [7, 11) is 5.08. The number of aromatic nitrogens is 1. The van der Waals surface area contributed by atoms with Gasteiger partial charge in [-0.3, -0.25) is 14.3 Å². The summed E-state index contributed by atoms with van der Waals surface area (Å²) in [6.45, 7) is 1.81. The molecule has 0 aliphatic carbocycles. The molecule has 0 amide bonds. The van der Waals surface area contributed by atoms with Crippen LogP contribution in [0.5, 0.6) is 5.75 Å². The molecule has 0 unspecified atom stereocenters. The molecule has 0 saturated heterocycles. The maximum absolute atomic E-state index is 13.7. The highest BCUT2D eigenvalue weighted by Crippen LogP contribution is 2.25. The van der Waals surface area contributed by atoms with Crippen LogP contribution in [0.4, 0.5) is 4.39 Å². The van der Waals surface area contributed by atoms with Gasteiger partial charge in [-0.15, -0.1) is 0 Å². The summed E-state index contributed by atoms with van der Waals surface area (Å²) in [5, 5.41) is 0.776. The number of carbonyl (C=O) groups is 1. The Morgan fingerprint density at radius 1 is 1.42 bits per heavy atom. The molecular formula is C14H17FN2O2. The third-order valence-electron chi connectivity index (χ3n) is 3.33. The van der Waals surface area contributed by atoms with Crippen molar-refractivity contribution < 1.29 is 13.9 Å². The van der Waals surface area contributed by atoms with Crippen molar-refractivity contribution in [3.63, 3.8) is 0 Å². The van der Waals surface area contributed by atoms with Crippen LogP contribution in [0.15, 0.2) is 24.4 Å². The number of carbonyl (C=O) groups excluding carboxylic acids is 1. The Morgan fingerprint density at radius 2 is 2.11 bits per heavy atom. The first-order valence-electron chi connectivity index (χ1n) is 6.01. The topological polar surface area (TPSA) is 34.5 Å². The number of hydrogen-bond donors (Lipinski definition) is 0.